The lowest BCUT2D eigenvalue weighted by atomic mass is 9.82. The molecule has 0 spiro atoms. The predicted molar refractivity (Wildman–Crippen MR) is 216 cm³/mol. The maximum absolute atomic E-state index is 5.36. The van der Waals surface area contributed by atoms with Crippen LogP contribution in [0.1, 0.15) is 48.4 Å². The summed E-state index contributed by atoms with van der Waals surface area (Å²) in [6.07, 6.45) is 11.8. The highest BCUT2D eigenvalue weighted by molar-refractivity contribution is 6.03. The van der Waals surface area contributed by atoms with Crippen molar-refractivity contribution in [2.45, 2.75) is 33.1 Å². The molecule has 0 fully saturated rings. The maximum Gasteiger partial charge on any atom is 0.160 e. The average Bonchev–Trinajstić information content (AvgIpc) is 3.18. The number of fused-ring (bicyclic) bond motifs is 5. The lowest BCUT2D eigenvalue weighted by Crippen LogP contribution is -2.03. The third-order valence-electron chi connectivity index (χ3n) is 10.5. The van der Waals surface area contributed by atoms with Crippen molar-refractivity contribution in [1.29, 1.82) is 0 Å². The van der Waals surface area contributed by atoms with Crippen molar-refractivity contribution in [1.82, 2.24) is 15.0 Å². The summed E-state index contributed by atoms with van der Waals surface area (Å²) in [4.78, 5) is 15.5. The zero-order chi connectivity index (χ0) is 34.5. The molecule has 1 atom stereocenters. The Morgan fingerprint density at radius 1 is 0.647 bits per heavy atom. The first-order valence-corrected chi connectivity index (χ1v) is 17.8. The van der Waals surface area contributed by atoms with Crippen LogP contribution in [0.15, 0.2) is 140 Å². The van der Waals surface area contributed by atoms with Crippen molar-refractivity contribution in [3.8, 4) is 45.2 Å². The average molecular weight is 656 g/mol. The summed E-state index contributed by atoms with van der Waals surface area (Å²) >= 11 is 0. The molecule has 0 N–H and O–H groups in total. The van der Waals surface area contributed by atoms with E-state index >= 15 is 0 Å². The van der Waals surface area contributed by atoms with Gasteiger partial charge in [0.15, 0.2) is 5.82 Å². The topological polar surface area (TPSA) is 38.7 Å². The second-order valence-corrected chi connectivity index (χ2v) is 13.6. The van der Waals surface area contributed by atoms with E-state index in [4.69, 9.17) is 15.0 Å². The molecule has 6 aromatic carbocycles. The Balaban J connectivity index is 1.29. The van der Waals surface area contributed by atoms with Gasteiger partial charge in [-0.25, -0.2) is 9.97 Å². The zero-order valence-electron chi connectivity index (χ0n) is 29.1. The lowest BCUT2D eigenvalue weighted by molar-refractivity contribution is 0.779. The van der Waals surface area contributed by atoms with E-state index in [2.05, 4.69) is 166 Å². The third kappa shape index (κ3) is 5.34. The van der Waals surface area contributed by atoms with Gasteiger partial charge in [-0.3, -0.25) is 4.98 Å². The van der Waals surface area contributed by atoms with Crippen LogP contribution in [0, 0.1) is 6.92 Å². The molecule has 51 heavy (non-hydrogen) atoms. The third-order valence-corrected chi connectivity index (χ3v) is 10.5. The van der Waals surface area contributed by atoms with Gasteiger partial charge in [0, 0.05) is 33.8 Å². The molecule has 0 bridgehead atoms. The van der Waals surface area contributed by atoms with E-state index in [0.29, 0.717) is 11.7 Å². The van der Waals surface area contributed by atoms with Crippen LogP contribution in [0.4, 0.5) is 0 Å². The van der Waals surface area contributed by atoms with Crippen LogP contribution in [-0.2, 0) is 0 Å². The molecule has 9 rings (SSSR count). The smallest absolute Gasteiger partial charge is 0.160 e. The molecule has 0 saturated heterocycles. The standard InChI is InChI=1S/C48H37N3/c1-4-12-35-27-42(39-18-8-7-16-37(39)31(35)3)44-29-45(43-28-36-15-11-13-30(2)46(36)41-20-10-9-19-40(41)43)51-48(50-44)34-23-21-33(22-24-34)47-38-17-6-5-14-32(38)25-26-49-47/h4-12,14-30H,13H2,1-3H3/b12-4-. The Bertz CT molecular complexity index is 2690. The number of pyridine rings is 1. The van der Waals surface area contributed by atoms with E-state index in [9.17, 15) is 0 Å². The molecule has 0 radical (unpaired) electrons. The molecular weight excluding hydrogens is 619 g/mol. The van der Waals surface area contributed by atoms with E-state index in [1.54, 1.807) is 0 Å². The Hall–Kier alpha value is -6.19. The van der Waals surface area contributed by atoms with Crippen LogP contribution in [0.25, 0.3) is 89.6 Å². The number of hydrogen-bond acceptors (Lipinski definition) is 3. The number of aromatic nitrogens is 3. The van der Waals surface area contributed by atoms with E-state index in [1.807, 2.05) is 6.20 Å². The van der Waals surface area contributed by atoms with E-state index in [0.717, 1.165) is 51.1 Å². The fourth-order valence-corrected chi connectivity index (χ4v) is 7.92. The molecule has 1 aliphatic carbocycles. The van der Waals surface area contributed by atoms with Gasteiger partial charge in [0.25, 0.3) is 0 Å². The quantitative estimate of drug-likeness (QED) is 0.185. The maximum atomic E-state index is 5.36. The molecular formula is C48H37N3. The summed E-state index contributed by atoms with van der Waals surface area (Å²) in [5, 5.41) is 7.25. The summed E-state index contributed by atoms with van der Waals surface area (Å²) in [5.74, 6) is 1.15. The highest BCUT2D eigenvalue weighted by Gasteiger charge is 2.21. The van der Waals surface area contributed by atoms with Crippen molar-refractivity contribution >= 4 is 44.5 Å². The highest BCUT2D eigenvalue weighted by Crippen LogP contribution is 2.42. The highest BCUT2D eigenvalue weighted by atomic mass is 14.9. The van der Waals surface area contributed by atoms with Gasteiger partial charge in [0.2, 0.25) is 0 Å². The first kappa shape index (κ1) is 30.8. The molecule has 2 heterocycles. The van der Waals surface area contributed by atoms with E-state index in [1.165, 1.54) is 49.2 Å². The van der Waals surface area contributed by atoms with Gasteiger partial charge in [-0.15, -0.1) is 0 Å². The largest absolute Gasteiger partial charge is 0.256 e. The molecule has 0 amide bonds. The fourth-order valence-electron chi connectivity index (χ4n) is 7.92. The van der Waals surface area contributed by atoms with Crippen LogP contribution in [0.5, 0.6) is 0 Å². The summed E-state index contributed by atoms with van der Waals surface area (Å²) in [5.41, 5.74) is 12.2. The Kier molecular flexibility index (Phi) is 7.62. The first-order valence-electron chi connectivity index (χ1n) is 17.8. The molecule has 3 nitrogen and oxygen atoms in total. The predicted octanol–water partition coefficient (Wildman–Crippen LogP) is 12.9. The number of aryl methyl sites for hydroxylation is 1. The van der Waals surface area contributed by atoms with Crippen molar-refractivity contribution in [2.75, 3.05) is 0 Å². The monoisotopic (exact) mass is 655 g/mol. The number of nitrogens with zero attached hydrogens (tertiary/aromatic N) is 3. The minimum atomic E-state index is 0.458. The van der Waals surface area contributed by atoms with Gasteiger partial charge < -0.3 is 0 Å². The molecule has 1 aliphatic rings. The van der Waals surface area contributed by atoms with Crippen LogP contribution in [0.2, 0.25) is 0 Å². The van der Waals surface area contributed by atoms with Crippen LogP contribution in [0.3, 0.4) is 0 Å². The van der Waals surface area contributed by atoms with Crippen LogP contribution < -0.4 is 0 Å². The van der Waals surface area contributed by atoms with E-state index in [-0.39, 0.29) is 0 Å². The fraction of sp³-hybridized carbons (Fsp3) is 0.104. The molecule has 0 saturated carbocycles. The van der Waals surface area contributed by atoms with Crippen LogP contribution >= 0.6 is 0 Å². The Labute approximate surface area is 298 Å². The van der Waals surface area contributed by atoms with Gasteiger partial charge >= 0.3 is 0 Å². The first-order chi connectivity index (χ1) is 25.1. The molecule has 1 unspecified atom stereocenters. The van der Waals surface area contributed by atoms with Gasteiger partial charge in [0.05, 0.1) is 17.1 Å². The second kappa shape index (κ2) is 12.6. The zero-order valence-corrected chi connectivity index (χ0v) is 29.1. The number of hydrogen-bond donors (Lipinski definition) is 0. The molecule has 244 valence electrons. The number of allylic oxidation sites excluding steroid dienone is 2. The number of benzene rings is 6. The lowest BCUT2D eigenvalue weighted by Gasteiger charge is -2.22. The molecule has 8 aromatic rings. The van der Waals surface area contributed by atoms with Crippen molar-refractivity contribution < 1.29 is 0 Å². The summed E-state index contributed by atoms with van der Waals surface area (Å²) < 4.78 is 0. The van der Waals surface area contributed by atoms with Gasteiger partial charge in [-0.2, -0.15) is 0 Å². The summed E-state index contributed by atoms with van der Waals surface area (Å²) in [7, 11) is 0. The Morgan fingerprint density at radius 3 is 2.02 bits per heavy atom. The van der Waals surface area contributed by atoms with Gasteiger partial charge in [0.1, 0.15) is 0 Å². The van der Waals surface area contributed by atoms with Gasteiger partial charge in [-0.05, 0) is 99.6 Å². The minimum Gasteiger partial charge on any atom is -0.256 e. The van der Waals surface area contributed by atoms with Crippen LogP contribution in [-0.4, -0.2) is 15.0 Å². The molecule has 2 aromatic heterocycles. The molecule has 3 heteroatoms. The number of rotatable bonds is 5. The van der Waals surface area contributed by atoms with Crippen molar-refractivity contribution in [2.24, 2.45) is 0 Å². The van der Waals surface area contributed by atoms with E-state index < -0.39 is 0 Å². The SMILES string of the molecule is C/C=C\c1cc(-c2cc(-c3cc4c(c5ccccc35)C(C)CC=C4)nc(-c3ccc(-c4nccc5ccccc45)cc3)n2)c2ccccc2c1C. The molecule has 0 aliphatic heterocycles. The van der Waals surface area contributed by atoms with Crippen molar-refractivity contribution in [3.05, 3.63) is 162 Å². The summed E-state index contributed by atoms with van der Waals surface area (Å²) in [6.45, 7) is 6.61. The summed E-state index contributed by atoms with van der Waals surface area (Å²) in [6, 6.07) is 43.3. The second-order valence-electron chi connectivity index (χ2n) is 13.6. The van der Waals surface area contributed by atoms with Crippen molar-refractivity contribution in [3.63, 3.8) is 0 Å². The van der Waals surface area contributed by atoms with Gasteiger partial charge in [-0.1, -0.05) is 128 Å². The normalized spacial score (nSPS) is 14.1. The Morgan fingerprint density at radius 2 is 1.27 bits per heavy atom. The minimum absolute atomic E-state index is 0.458.